The number of rotatable bonds is 7. The number of nitrogens with one attached hydrogen (secondary N) is 2. The predicted octanol–water partition coefficient (Wildman–Crippen LogP) is 4.48. The van der Waals surface area contributed by atoms with Gasteiger partial charge in [-0.3, -0.25) is 9.59 Å². The molecule has 1 atom stereocenters. The Labute approximate surface area is 210 Å². The highest BCUT2D eigenvalue weighted by atomic mass is 35.5. The maximum absolute atomic E-state index is 12.9. The van der Waals surface area contributed by atoms with Gasteiger partial charge in [-0.1, -0.05) is 54.7 Å². The molecule has 1 heterocycles. The Bertz CT molecular complexity index is 1150. The fourth-order valence-corrected chi connectivity index (χ4v) is 5.59. The maximum Gasteiger partial charge on any atom is 0.247 e. The molecule has 0 bridgehead atoms. The molecule has 0 radical (unpaired) electrons. The molecule has 0 aromatic heterocycles. The molecule has 1 aliphatic rings. The molecule has 10 heteroatoms. The molecular weight excluding hydrogens is 497 g/mol. The van der Waals surface area contributed by atoms with E-state index in [0.717, 1.165) is 5.56 Å². The average Bonchev–Trinajstić information content (AvgIpc) is 2.79. The number of sulfonamides is 1. The van der Waals surface area contributed by atoms with E-state index in [2.05, 4.69) is 10.6 Å². The van der Waals surface area contributed by atoms with Gasteiger partial charge in [0.05, 0.1) is 14.9 Å². The van der Waals surface area contributed by atoms with Crippen LogP contribution in [0.2, 0.25) is 10.0 Å². The maximum atomic E-state index is 12.9. The van der Waals surface area contributed by atoms with Crippen LogP contribution in [-0.2, 0) is 19.6 Å². The molecule has 2 amide bonds. The summed E-state index contributed by atoms with van der Waals surface area (Å²) in [6.45, 7) is 6.08. The molecule has 1 saturated heterocycles. The summed E-state index contributed by atoms with van der Waals surface area (Å²) in [5.74, 6) is -1.14. The van der Waals surface area contributed by atoms with Crippen LogP contribution < -0.4 is 10.6 Å². The van der Waals surface area contributed by atoms with E-state index in [1.165, 1.54) is 4.31 Å². The van der Waals surface area contributed by atoms with Crippen molar-refractivity contribution in [1.29, 1.82) is 0 Å². The third-order valence-corrected chi connectivity index (χ3v) is 8.57. The van der Waals surface area contributed by atoms with Crippen LogP contribution >= 0.6 is 23.2 Å². The van der Waals surface area contributed by atoms with Crippen molar-refractivity contribution in [3.63, 3.8) is 0 Å². The molecule has 0 spiro atoms. The molecule has 0 unspecified atom stereocenters. The highest BCUT2D eigenvalue weighted by Gasteiger charge is 2.34. The van der Waals surface area contributed by atoms with E-state index in [1.807, 2.05) is 20.8 Å². The largest absolute Gasteiger partial charge is 0.344 e. The first-order valence-electron chi connectivity index (χ1n) is 11.1. The van der Waals surface area contributed by atoms with E-state index in [0.29, 0.717) is 28.6 Å². The van der Waals surface area contributed by atoms with Crippen molar-refractivity contribution in [1.82, 2.24) is 9.62 Å². The normalized spacial score (nSPS) is 16.3. The fraction of sp³-hybridized carbons (Fsp3) is 0.417. The van der Waals surface area contributed by atoms with Gasteiger partial charge in [0.1, 0.15) is 6.04 Å². The van der Waals surface area contributed by atoms with Gasteiger partial charge in [0.2, 0.25) is 21.8 Å². The third-order valence-electron chi connectivity index (χ3n) is 5.92. The van der Waals surface area contributed by atoms with Crippen LogP contribution in [-0.4, -0.2) is 43.7 Å². The Morgan fingerprint density at radius 3 is 2.18 bits per heavy atom. The van der Waals surface area contributed by atoms with Crippen molar-refractivity contribution in [2.75, 3.05) is 18.4 Å². The van der Waals surface area contributed by atoms with Crippen LogP contribution in [0.15, 0.2) is 47.4 Å². The molecule has 2 N–H and O–H groups in total. The second-order valence-corrected chi connectivity index (χ2v) is 11.6. The van der Waals surface area contributed by atoms with Crippen molar-refractivity contribution in [3.8, 4) is 0 Å². The molecule has 1 aliphatic heterocycles. The lowest BCUT2D eigenvalue weighted by Crippen LogP contribution is -2.50. The minimum Gasteiger partial charge on any atom is -0.344 e. The standard InChI is InChI=1S/C24H29Cl2N3O4S/c1-15(2)22(24(31)27-18-6-9-20(25)21(26)14-18)28-23(30)17-10-12-29(13-11-17)34(32,33)19-7-4-16(3)5-8-19/h4-9,14-15,17,22H,10-13H2,1-3H3,(H,27,31)(H,28,30)/t22-/m0/s1. The van der Waals surface area contributed by atoms with Gasteiger partial charge in [0, 0.05) is 24.7 Å². The summed E-state index contributed by atoms with van der Waals surface area (Å²) in [4.78, 5) is 26.0. The summed E-state index contributed by atoms with van der Waals surface area (Å²) in [6, 6.07) is 10.7. The molecule has 0 aliphatic carbocycles. The number of hydrogen-bond donors (Lipinski definition) is 2. The summed E-state index contributed by atoms with van der Waals surface area (Å²) >= 11 is 11.9. The second kappa shape index (κ2) is 11.1. The van der Waals surface area contributed by atoms with Gasteiger partial charge in [-0.15, -0.1) is 0 Å². The molecule has 34 heavy (non-hydrogen) atoms. The van der Waals surface area contributed by atoms with Gasteiger partial charge < -0.3 is 10.6 Å². The van der Waals surface area contributed by atoms with Gasteiger partial charge in [-0.2, -0.15) is 4.31 Å². The lowest BCUT2D eigenvalue weighted by Gasteiger charge is -2.32. The van der Waals surface area contributed by atoms with Gasteiger partial charge in [-0.05, 0) is 56.0 Å². The van der Waals surface area contributed by atoms with Crippen molar-refractivity contribution in [2.45, 2.75) is 44.6 Å². The molecule has 2 aromatic carbocycles. The predicted molar refractivity (Wildman–Crippen MR) is 135 cm³/mol. The Morgan fingerprint density at radius 2 is 1.62 bits per heavy atom. The molecule has 1 fully saturated rings. The Hall–Kier alpha value is -2.13. The van der Waals surface area contributed by atoms with Crippen LogP contribution in [0.3, 0.4) is 0 Å². The molecule has 3 rings (SSSR count). The number of piperidine rings is 1. The smallest absolute Gasteiger partial charge is 0.247 e. The minimum atomic E-state index is -3.60. The lowest BCUT2D eigenvalue weighted by atomic mass is 9.95. The van der Waals surface area contributed by atoms with Gasteiger partial charge in [-0.25, -0.2) is 8.42 Å². The number of aryl methyl sites for hydroxylation is 1. The Morgan fingerprint density at radius 1 is 1.00 bits per heavy atom. The molecule has 7 nitrogen and oxygen atoms in total. The number of benzene rings is 2. The first-order chi connectivity index (χ1) is 16.0. The average molecular weight is 526 g/mol. The molecule has 2 aromatic rings. The van der Waals surface area contributed by atoms with Crippen LogP contribution in [0.1, 0.15) is 32.3 Å². The van der Waals surface area contributed by atoms with E-state index in [9.17, 15) is 18.0 Å². The number of anilines is 1. The van der Waals surface area contributed by atoms with Gasteiger partial charge >= 0.3 is 0 Å². The number of hydrogen-bond acceptors (Lipinski definition) is 4. The highest BCUT2D eigenvalue weighted by Crippen LogP contribution is 2.26. The number of carbonyl (C=O) groups is 2. The Kier molecular flexibility index (Phi) is 8.62. The van der Waals surface area contributed by atoms with Crippen molar-refractivity contribution in [3.05, 3.63) is 58.1 Å². The zero-order valence-corrected chi connectivity index (χ0v) is 21.7. The van der Waals surface area contributed by atoms with Crippen molar-refractivity contribution in [2.24, 2.45) is 11.8 Å². The summed E-state index contributed by atoms with van der Waals surface area (Å²) in [5.41, 5.74) is 1.46. The molecule has 184 valence electrons. The minimum absolute atomic E-state index is 0.159. The zero-order valence-electron chi connectivity index (χ0n) is 19.3. The quantitative estimate of drug-likeness (QED) is 0.556. The first kappa shape index (κ1) is 26.5. The SMILES string of the molecule is Cc1ccc(S(=O)(=O)N2CCC(C(=O)N[C@H](C(=O)Nc3ccc(Cl)c(Cl)c3)C(C)C)CC2)cc1. The first-order valence-corrected chi connectivity index (χ1v) is 13.3. The van der Waals surface area contributed by atoms with E-state index >= 15 is 0 Å². The zero-order chi connectivity index (χ0) is 25.0. The monoisotopic (exact) mass is 525 g/mol. The summed E-state index contributed by atoms with van der Waals surface area (Å²) < 4.78 is 27.2. The van der Waals surface area contributed by atoms with E-state index in [-0.39, 0.29) is 41.6 Å². The van der Waals surface area contributed by atoms with E-state index in [1.54, 1.807) is 42.5 Å². The van der Waals surface area contributed by atoms with Crippen molar-refractivity contribution >= 4 is 50.7 Å². The lowest BCUT2D eigenvalue weighted by molar-refractivity contribution is -0.130. The summed E-state index contributed by atoms with van der Waals surface area (Å²) in [7, 11) is -3.60. The summed E-state index contributed by atoms with van der Waals surface area (Å²) in [5, 5.41) is 6.31. The van der Waals surface area contributed by atoms with E-state index < -0.39 is 16.1 Å². The molecule has 0 saturated carbocycles. The second-order valence-electron chi connectivity index (χ2n) is 8.84. The Balaban J connectivity index is 1.60. The van der Waals surface area contributed by atoms with Crippen LogP contribution in [0.25, 0.3) is 0 Å². The molecular formula is C24H29Cl2N3O4S. The third kappa shape index (κ3) is 6.30. The topological polar surface area (TPSA) is 95.6 Å². The van der Waals surface area contributed by atoms with Crippen LogP contribution in [0.4, 0.5) is 5.69 Å². The van der Waals surface area contributed by atoms with E-state index in [4.69, 9.17) is 23.2 Å². The number of nitrogens with zero attached hydrogens (tertiary/aromatic N) is 1. The summed E-state index contributed by atoms with van der Waals surface area (Å²) in [6.07, 6.45) is 0.770. The van der Waals surface area contributed by atoms with Crippen molar-refractivity contribution < 1.29 is 18.0 Å². The van der Waals surface area contributed by atoms with Crippen LogP contribution in [0.5, 0.6) is 0 Å². The van der Waals surface area contributed by atoms with Crippen LogP contribution in [0, 0.1) is 18.8 Å². The van der Waals surface area contributed by atoms with Gasteiger partial charge in [0.15, 0.2) is 0 Å². The number of halogens is 2. The fourth-order valence-electron chi connectivity index (χ4n) is 3.82. The number of amides is 2. The van der Waals surface area contributed by atoms with Gasteiger partial charge in [0.25, 0.3) is 0 Å². The highest BCUT2D eigenvalue weighted by molar-refractivity contribution is 7.89. The number of carbonyl (C=O) groups excluding carboxylic acids is 2.